The van der Waals surface area contributed by atoms with E-state index in [4.69, 9.17) is 9.47 Å². The van der Waals surface area contributed by atoms with E-state index in [1.54, 1.807) is 0 Å². The first kappa shape index (κ1) is 29.2. The Labute approximate surface area is 241 Å². The van der Waals surface area contributed by atoms with Gasteiger partial charge in [-0.2, -0.15) is 0 Å². The molecule has 7 nitrogen and oxygen atoms in total. The van der Waals surface area contributed by atoms with E-state index in [0.717, 1.165) is 76.9 Å². The molecule has 0 unspecified atom stereocenters. The Morgan fingerprint density at radius 1 is 1.00 bits per heavy atom. The van der Waals surface area contributed by atoms with E-state index in [1.165, 1.54) is 44.9 Å². The maximum Gasteiger partial charge on any atom is 0.410 e. The molecule has 2 amide bonds. The second kappa shape index (κ2) is 13.1. The Hall–Kier alpha value is -2.28. The van der Waals surface area contributed by atoms with Crippen LogP contribution in [0.15, 0.2) is 30.3 Å². The summed E-state index contributed by atoms with van der Waals surface area (Å²) in [6, 6.07) is 9.86. The zero-order chi connectivity index (χ0) is 28.0. The van der Waals surface area contributed by atoms with Gasteiger partial charge < -0.3 is 19.3 Å². The number of nitrogens with zero attached hydrogens (tertiary/aromatic N) is 3. The fraction of sp³-hybridized carbons (Fsp3) is 0.758. The molecule has 4 aliphatic rings. The smallest absolute Gasteiger partial charge is 0.410 e. The third-order valence-electron chi connectivity index (χ3n) is 10.5. The van der Waals surface area contributed by atoms with Crippen LogP contribution in [0.5, 0.6) is 0 Å². The number of ether oxygens (including phenoxy) is 2. The van der Waals surface area contributed by atoms with Crippen molar-refractivity contribution in [3.8, 4) is 0 Å². The number of carbonyl (C=O) groups excluding carboxylic acids is 2. The van der Waals surface area contributed by atoms with Crippen molar-refractivity contribution in [1.29, 1.82) is 0 Å². The summed E-state index contributed by atoms with van der Waals surface area (Å²) < 4.78 is 12.0. The van der Waals surface area contributed by atoms with Gasteiger partial charge in [-0.25, -0.2) is 9.59 Å². The van der Waals surface area contributed by atoms with Crippen molar-refractivity contribution in [2.24, 2.45) is 11.8 Å². The summed E-state index contributed by atoms with van der Waals surface area (Å²) in [5.74, 6) is 1.07. The SMILES string of the molecule is CCCC[C@H]1CN(CC2CCCCC2)C(=O)OC12CCN(C1(C)CCN(C(=O)OCc3ccccc3)CC1)CC2. The van der Waals surface area contributed by atoms with Crippen LogP contribution in [0, 0.1) is 11.8 Å². The van der Waals surface area contributed by atoms with Crippen molar-refractivity contribution in [3.05, 3.63) is 35.9 Å². The Morgan fingerprint density at radius 3 is 2.38 bits per heavy atom. The van der Waals surface area contributed by atoms with Gasteiger partial charge >= 0.3 is 12.2 Å². The minimum Gasteiger partial charge on any atom is -0.445 e. The summed E-state index contributed by atoms with van der Waals surface area (Å²) in [7, 11) is 0. The molecule has 3 saturated heterocycles. The molecule has 3 aliphatic heterocycles. The van der Waals surface area contributed by atoms with Gasteiger partial charge in [0.25, 0.3) is 0 Å². The molecule has 0 bridgehead atoms. The van der Waals surface area contributed by atoms with Crippen molar-refractivity contribution >= 4 is 12.2 Å². The van der Waals surface area contributed by atoms with Crippen LogP contribution >= 0.6 is 0 Å². The molecule has 7 heteroatoms. The van der Waals surface area contributed by atoms with E-state index in [0.29, 0.717) is 18.4 Å². The topological polar surface area (TPSA) is 62.3 Å². The molecule has 1 saturated carbocycles. The molecule has 3 heterocycles. The first-order valence-corrected chi connectivity index (χ1v) is 16.1. The molecule has 5 rings (SSSR count). The zero-order valence-electron chi connectivity index (χ0n) is 25.0. The number of likely N-dealkylation sites (tertiary alicyclic amines) is 2. The normalized spacial score (nSPS) is 25.6. The van der Waals surface area contributed by atoms with Gasteiger partial charge in [0, 0.05) is 63.6 Å². The molecule has 1 atom stereocenters. The van der Waals surface area contributed by atoms with Crippen molar-refractivity contribution in [2.45, 2.75) is 109 Å². The van der Waals surface area contributed by atoms with Crippen molar-refractivity contribution in [3.63, 3.8) is 0 Å². The van der Waals surface area contributed by atoms with Gasteiger partial charge in [0.15, 0.2) is 0 Å². The third-order valence-corrected chi connectivity index (χ3v) is 10.5. The highest BCUT2D eigenvalue weighted by molar-refractivity contribution is 5.69. The highest BCUT2D eigenvalue weighted by atomic mass is 16.6. The lowest BCUT2D eigenvalue weighted by Crippen LogP contribution is -2.63. The molecule has 0 aromatic heterocycles. The zero-order valence-corrected chi connectivity index (χ0v) is 25.0. The largest absolute Gasteiger partial charge is 0.445 e. The number of rotatable bonds is 8. The molecular formula is C33H51N3O4. The second-order valence-electron chi connectivity index (χ2n) is 13.2. The summed E-state index contributed by atoms with van der Waals surface area (Å²) in [4.78, 5) is 32.5. The molecule has 0 N–H and O–H groups in total. The van der Waals surface area contributed by atoms with Gasteiger partial charge in [-0.15, -0.1) is 0 Å². The second-order valence-corrected chi connectivity index (χ2v) is 13.2. The average Bonchev–Trinajstić information content (AvgIpc) is 2.98. The van der Waals surface area contributed by atoms with Crippen LogP contribution in [0.2, 0.25) is 0 Å². The van der Waals surface area contributed by atoms with Gasteiger partial charge in [0.1, 0.15) is 12.2 Å². The van der Waals surface area contributed by atoms with Gasteiger partial charge in [-0.05, 0) is 50.5 Å². The molecule has 222 valence electrons. The van der Waals surface area contributed by atoms with Crippen LogP contribution in [-0.2, 0) is 16.1 Å². The maximum atomic E-state index is 13.3. The molecule has 1 aromatic rings. The predicted octanol–water partition coefficient (Wildman–Crippen LogP) is 6.85. The quantitative estimate of drug-likeness (QED) is 0.352. The van der Waals surface area contributed by atoms with Crippen LogP contribution in [0.3, 0.4) is 0 Å². The highest BCUT2D eigenvalue weighted by Gasteiger charge is 2.51. The Kier molecular flexibility index (Phi) is 9.60. The molecular weight excluding hydrogens is 502 g/mol. The lowest BCUT2D eigenvalue weighted by molar-refractivity contribution is -0.134. The molecule has 1 aromatic carbocycles. The third kappa shape index (κ3) is 6.78. The Morgan fingerprint density at radius 2 is 1.70 bits per heavy atom. The average molecular weight is 554 g/mol. The summed E-state index contributed by atoms with van der Waals surface area (Å²) in [6.07, 6.45) is 13.4. The number of unbranched alkanes of at least 4 members (excludes halogenated alkanes) is 1. The van der Waals surface area contributed by atoms with Crippen molar-refractivity contribution in [2.75, 3.05) is 39.3 Å². The summed E-state index contributed by atoms with van der Waals surface area (Å²) in [6.45, 7) is 10.0. The fourth-order valence-corrected chi connectivity index (χ4v) is 7.70. The number of carbonyl (C=O) groups is 2. The summed E-state index contributed by atoms with van der Waals surface area (Å²) >= 11 is 0. The number of hydrogen-bond donors (Lipinski definition) is 0. The number of hydrogen-bond acceptors (Lipinski definition) is 5. The van der Waals surface area contributed by atoms with E-state index < -0.39 is 0 Å². The van der Waals surface area contributed by atoms with E-state index >= 15 is 0 Å². The standard InChI is InChI=1S/C33H51N3O4/c1-3-4-15-29-25-35(24-27-11-7-5-8-12-27)31(38)40-33(29)18-22-36(23-19-33)32(2)16-20-34(21-17-32)30(37)39-26-28-13-9-6-10-14-28/h6,9-10,13-14,27,29H,3-5,7-8,11-12,15-26H2,1-2H3/t29-/m0/s1. The lowest BCUT2D eigenvalue weighted by atomic mass is 9.74. The van der Waals surface area contributed by atoms with Crippen LogP contribution in [0.4, 0.5) is 9.59 Å². The Bertz CT molecular complexity index is 963. The van der Waals surface area contributed by atoms with E-state index in [-0.39, 0.29) is 23.3 Å². The molecule has 0 radical (unpaired) electrons. The summed E-state index contributed by atoms with van der Waals surface area (Å²) in [5, 5.41) is 0. The van der Waals surface area contributed by atoms with Gasteiger partial charge in [-0.1, -0.05) is 69.4 Å². The number of benzene rings is 1. The van der Waals surface area contributed by atoms with Crippen LogP contribution < -0.4 is 0 Å². The van der Waals surface area contributed by atoms with Crippen molar-refractivity contribution < 1.29 is 19.1 Å². The van der Waals surface area contributed by atoms with E-state index in [2.05, 4.69) is 23.6 Å². The van der Waals surface area contributed by atoms with Crippen LogP contribution in [-0.4, -0.2) is 77.3 Å². The predicted molar refractivity (Wildman–Crippen MR) is 157 cm³/mol. The monoisotopic (exact) mass is 553 g/mol. The van der Waals surface area contributed by atoms with Crippen LogP contribution in [0.25, 0.3) is 0 Å². The first-order chi connectivity index (χ1) is 19.4. The van der Waals surface area contributed by atoms with E-state index in [1.807, 2.05) is 35.2 Å². The van der Waals surface area contributed by atoms with Gasteiger partial charge in [0.2, 0.25) is 0 Å². The maximum absolute atomic E-state index is 13.3. The molecule has 40 heavy (non-hydrogen) atoms. The van der Waals surface area contributed by atoms with Gasteiger partial charge in [-0.3, -0.25) is 4.90 Å². The molecule has 1 aliphatic carbocycles. The number of amides is 2. The van der Waals surface area contributed by atoms with E-state index in [9.17, 15) is 9.59 Å². The Balaban J connectivity index is 1.14. The van der Waals surface area contributed by atoms with Crippen LogP contribution in [0.1, 0.15) is 96.5 Å². The highest BCUT2D eigenvalue weighted by Crippen LogP contribution is 2.43. The first-order valence-electron chi connectivity index (χ1n) is 16.1. The molecule has 1 spiro atoms. The number of piperidine rings is 2. The lowest BCUT2D eigenvalue weighted by Gasteiger charge is -2.55. The fourth-order valence-electron chi connectivity index (χ4n) is 7.70. The molecule has 4 fully saturated rings. The summed E-state index contributed by atoms with van der Waals surface area (Å²) in [5.41, 5.74) is 0.754. The minimum absolute atomic E-state index is 0.0580. The van der Waals surface area contributed by atoms with Gasteiger partial charge in [0.05, 0.1) is 0 Å². The minimum atomic E-state index is -0.315. The van der Waals surface area contributed by atoms with Crippen molar-refractivity contribution in [1.82, 2.24) is 14.7 Å².